The van der Waals surface area contributed by atoms with E-state index in [0.29, 0.717) is 6.61 Å². The van der Waals surface area contributed by atoms with Gasteiger partial charge in [0, 0.05) is 5.54 Å². The number of hydrogen-bond acceptors (Lipinski definition) is 2. The SMILES string of the molecule is CCCNC1(CO)CCCCC1. The fourth-order valence-electron chi connectivity index (χ4n) is 2.01. The van der Waals surface area contributed by atoms with Crippen LogP contribution in [0.3, 0.4) is 0 Å². The Morgan fingerprint density at radius 2 is 1.92 bits per heavy atom. The molecular weight excluding hydrogens is 150 g/mol. The lowest BCUT2D eigenvalue weighted by Gasteiger charge is -2.36. The molecule has 2 heteroatoms. The van der Waals surface area contributed by atoms with Crippen LogP contribution in [0.15, 0.2) is 0 Å². The molecule has 2 N–H and O–H groups in total. The van der Waals surface area contributed by atoms with Gasteiger partial charge in [0.15, 0.2) is 0 Å². The molecule has 0 spiro atoms. The second-order valence-electron chi connectivity index (χ2n) is 3.93. The van der Waals surface area contributed by atoms with Crippen LogP contribution in [0, 0.1) is 0 Å². The first-order valence-electron chi connectivity index (χ1n) is 5.19. The largest absolute Gasteiger partial charge is 0.394 e. The molecule has 0 aromatic carbocycles. The first kappa shape index (κ1) is 10.0. The van der Waals surface area contributed by atoms with Crippen LogP contribution in [0.1, 0.15) is 45.4 Å². The molecule has 0 unspecified atom stereocenters. The lowest BCUT2D eigenvalue weighted by molar-refractivity contribution is 0.121. The Hall–Kier alpha value is -0.0800. The van der Waals surface area contributed by atoms with E-state index in [0.717, 1.165) is 25.8 Å². The Bertz CT molecular complexity index is 119. The Labute approximate surface area is 75.4 Å². The Kier molecular flexibility index (Phi) is 4.02. The maximum atomic E-state index is 9.31. The van der Waals surface area contributed by atoms with Crippen molar-refractivity contribution < 1.29 is 5.11 Å². The van der Waals surface area contributed by atoms with E-state index in [-0.39, 0.29) is 5.54 Å². The molecule has 72 valence electrons. The van der Waals surface area contributed by atoms with Gasteiger partial charge in [0.25, 0.3) is 0 Å². The van der Waals surface area contributed by atoms with Crippen molar-refractivity contribution in [1.82, 2.24) is 5.32 Å². The Morgan fingerprint density at radius 3 is 2.42 bits per heavy atom. The van der Waals surface area contributed by atoms with Gasteiger partial charge in [-0.05, 0) is 25.8 Å². The second kappa shape index (κ2) is 4.83. The predicted molar refractivity (Wildman–Crippen MR) is 51.2 cm³/mol. The maximum absolute atomic E-state index is 9.31. The smallest absolute Gasteiger partial charge is 0.0613 e. The van der Waals surface area contributed by atoms with E-state index >= 15 is 0 Å². The number of aliphatic hydroxyl groups is 1. The van der Waals surface area contributed by atoms with E-state index in [1.165, 1.54) is 19.3 Å². The fourth-order valence-corrected chi connectivity index (χ4v) is 2.01. The van der Waals surface area contributed by atoms with Gasteiger partial charge in [0.1, 0.15) is 0 Å². The Balaban J connectivity index is 2.37. The van der Waals surface area contributed by atoms with Crippen LogP contribution >= 0.6 is 0 Å². The van der Waals surface area contributed by atoms with E-state index in [1.807, 2.05) is 0 Å². The molecule has 0 aliphatic heterocycles. The third-order valence-corrected chi connectivity index (χ3v) is 2.86. The van der Waals surface area contributed by atoms with Crippen LogP contribution in [0.2, 0.25) is 0 Å². The molecule has 0 aromatic rings. The minimum Gasteiger partial charge on any atom is -0.394 e. The molecule has 1 aliphatic carbocycles. The van der Waals surface area contributed by atoms with Crippen LogP contribution < -0.4 is 5.32 Å². The van der Waals surface area contributed by atoms with Crippen LogP contribution in [-0.2, 0) is 0 Å². The molecule has 2 nitrogen and oxygen atoms in total. The maximum Gasteiger partial charge on any atom is 0.0613 e. The third kappa shape index (κ3) is 2.46. The second-order valence-corrected chi connectivity index (χ2v) is 3.93. The highest BCUT2D eigenvalue weighted by molar-refractivity contribution is 4.89. The van der Waals surface area contributed by atoms with Gasteiger partial charge >= 0.3 is 0 Å². The lowest BCUT2D eigenvalue weighted by atomic mass is 9.82. The zero-order valence-corrected chi connectivity index (χ0v) is 8.10. The average Bonchev–Trinajstić information content (AvgIpc) is 2.16. The minimum absolute atomic E-state index is 0.0776. The van der Waals surface area contributed by atoms with Gasteiger partial charge in [0.2, 0.25) is 0 Å². The zero-order chi connectivity index (χ0) is 8.86. The van der Waals surface area contributed by atoms with E-state index in [1.54, 1.807) is 0 Å². The van der Waals surface area contributed by atoms with E-state index < -0.39 is 0 Å². The van der Waals surface area contributed by atoms with Gasteiger partial charge in [0.05, 0.1) is 6.61 Å². The monoisotopic (exact) mass is 171 g/mol. The van der Waals surface area contributed by atoms with Gasteiger partial charge in [-0.15, -0.1) is 0 Å². The standard InChI is InChI=1S/C10H21NO/c1-2-8-11-10(9-12)6-4-3-5-7-10/h11-12H,2-9H2,1H3. The summed E-state index contributed by atoms with van der Waals surface area (Å²) in [6.07, 6.45) is 7.36. The van der Waals surface area contributed by atoms with Crippen molar-refractivity contribution >= 4 is 0 Å². The van der Waals surface area contributed by atoms with Gasteiger partial charge in [-0.3, -0.25) is 0 Å². The lowest BCUT2D eigenvalue weighted by Crippen LogP contribution is -2.50. The summed E-state index contributed by atoms with van der Waals surface area (Å²) in [6, 6.07) is 0. The van der Waals surface area contributed by atoms with E-state index in [9.17, 15) is 5.11 Å². The predicted octanol–water partition coefficient (Wildman–Crippen LogP) is 1.68. The summed E-state index contributed by atoms with van der Waals surface area (Å²) in [5.41, 5.74) is 0.0776. The van der Waals surface area contributed by atoms with Gasteiger partial charge in [-0.1, -0.05) is 26.2 Å². The highest BCUT2D eigenvalue weighted by atomic mass is 16.3. The third-order valence-electron chi connectivity index (χ3n) is 2.86. The molecular formula is C10H21NO. The van der Waals surface area contributed by atoms with Crippen LogP contribution in [0.4, 0.5) is 0 Å². The van der Waals surface area contributed by atoms with Crippen LogP contribution in [0.25, 0.3) is 0 Å². The summed E-state index contributed by atoms with van der Waals surface area (Å²) in [7, 11) is 0. The molecule has 1 rings (SSSR count). The number of nitrogens with one attached hydrogen (secondary N) is 1. The molecule has 0 amide bonds. The average molecular weight is 171 g/mol. The quantitative estimate of drug-likeness (QED) is 0.674. The van der Waals surface area contributed by atoms with Crippen LogP contribution in [0.5, 0.6) is 0 Å². The summed E-state index contributed by atoms with van der Waals surface area (Å²) in [6.45, 7) is 3.52. The van der Waals surface area contributed by atoms with Crippen molar-refractivity contribution in [2.45, 2.75) is 51.0 Å². The summed E-state index contributed by atoms with van der Waals surface area (Å²) >= 11 is 0. The Morgan fingerprint density at radius 1 is 1.25 bits per heavy atom. The molecule has 1 fully saturated rings. The van der Waals surface area contributed by atoms with Crippen molar-refractivity contribution in [3.05, 3.63) is 0 Å². The topological polar surface area (TPSA) is 32.3 Å². The molecule has 12 heavy (non-hydrogen) atoms. The van der Waals surface area contributed by atoms with Crippen molar-refractivity contribution in [3.8, 4) is 0 Å². The summed E-state index contributed by atoms with van der Waals surface area (Å²) < 4.78 is 0. The van der Waals surface area contributed by atoms with Crippen molar-refractivity contribution in [2.75, 3.05) is 13.2 Å². The molecule has 1 saturated carbocycles. The molecule has 1 aliphatic rings. The molecule has 0 bridgehead atoms. The van der Waals surface area contributed by atoms with Crippen molar-refractivity contribution in [2.24, 2.45) is 0 Å². The van der Waals surface area contributed by atoms with Crippen molar-refractivity contribution in [1.29, 1.82) is 0 Å². The molecule has 0 atom stereocenters. The van der Waals surface area contributed by atoms with E-state index in [2.05, 4.69) is 12.2 Å². The number of aliphatic hydroxyl groups excluding tert-OH is 1. The fraction of sp³-hybridized carbons (Fsp3) is 1.00. The summed E-state index contributed by atoms with van der Waals surface area (Å²) in [4.78, 5) is 0. The number of hydrogen-bond donors (Lipinski definition) is 2. The van der Waals surface area contributed by atoms with Crippen LogP contribution in [-0.4, -0.2) is 23.8 Å². The van der Waals surface area contributed by atoms with Gasteiger partial charge < -0.3 is 10.4 Å². The molecule has 0 saturated heterocycles. The first-order valence-corrected chi connectivity index (χ1v) is 5.19. The number of rotatable bonds is 4. The molecule has 0 heterocycles. The normalized spacial score (nSPS) is 22.5. The first-order chi connectivity index (χ1) is 5.83. The van der Waals surface area contributed by atoms with Crippen molar-refractivity contribution in [3.63, 3.8) is 0 Å². The summed E-state index contributed by atoms with van der Waals surface area (Å²) in [5.74, 6) is 0. The molecule has 0 aromatic heterocycles. The molecule has 0 radical (unpaired) electrons. The van der Waals surface area contributed by atoms with Gasteiger partial charge in [-0.2, -0.15) is 0 Å². The highest BCUT2D eigenvalue weighted by Gasteiger charge is 2.29. The summed E-state index contributed by atoms with van der Waals surface area (Å²) in [5, 5.41) is 12.8. The minimum atomic E-state index is 0.0776. The highest BCUT2D eigenvalue weighted by Crippen LogP contribution is 2.27. The van der Waals surface area contributed by atoms with Gasteiger partial charge in [-0.25, -0.2) is 0 Å². The zero-order valence-electron chi connectivity index (χ0n) is 8.10. The van der Waals surface area contributed by atoms with E-state index in [4.69, 9.17) is 0 Å².